The molecular weight excluding hydrogens is 294 g/mol. The van der Waals surface area contributed by atoms with E-state index in [0.717, 1.165) is 11.1 Å². The largest absolute Gasteiger partial charge is 0.361 e. The average Bonchev–Trinajstić information content (AvgIpc) is 3.01. The number of aryl methyl sites for hydroxylation is 2. The summed E-state index contributed by atoms with van der Waals surface area (Å²) in [5.74, 6) is 0.382. The van der Waals surface area contributed by atoms with Crippen LogP contribution in [-0.4, -0.2) is 22.0 Å². The molecule has 23 heavy (non-hydrogen) atoms. The van der Waals surface area contributed by atoms with Gasteiger partial charge in [0.25, 0.3) is 5.91 Å². The zero-order chi connectivity index (χ0) is 16.6. The zero-order valence-corrected chi connectivity index (χ0v) is 13.4. The maximum absolute atomic E-state index is 13.0. The van der Waals surface area contributed by atoms with Crippen LogP contribution in [0.5, 0.6) is 0 Å². The number of benzene rings is 1. The number of amides is 3. The smallest absolute Gasteiger partial charge is 0.325 e. The van der Waals surface area contributed by atoms with Gasteiger partial charge in [0.2, 0.25) is 0 Å². The summed E-state index contributed by atoms with van der Waals surface area (Å²) in [4.78, 5) is 26.7. The lowest BCUT2D eigenvalue weighted by Crippen LogP contribution is -2.43. The van der Waals surface area contributed by atoms with Crippen molar-refractivity contribution in [2.45, 2.75) is 39.3 Å². The fourth-order valence-corrected chi connectivity index (χ4v) is 3.02. The van der Waals surface area contributed by atoms with Crippen molar-refractivity contribution in [3.8, 4) is 0 Å². The minimum atomic E-state index is -1.00. The van der Waals surface area contributed by atoms with Crippen LogP contribution in [0.4, 0.5) is 4.79 Å². The second-order valence-electron chi connectivity index (χ2n) is 5.75. The van der Waals surface area contributed by atoms with E-state index in [1.165, 1.54) is 4.90 Å². The second-order valence-corrected chi connectivity index (χ2v) is 5.75. The number of nitrogens with one attached hydrogen (secondary N) is 1. The maximum Gasteiger partial charge on any atom is 0.325 e. The van der Waals surface area contributed by atoms with Gasteiger partial charge in [-0.1, -0.05) is 42.4 Å². The molecule has 3 amide bonds. The third-order valence-corrected chi connectivity index (χ3v) is 4.47. The third-order valence-electron chi connectivity index (χ3n) is 4.47. The highest BCUT2D eigenvalue weighted by Gasteiger charge is 2.51. The Morgan fingerprint density at radius 2 is 1.91 bits per heavy atom. The van der Waals surface area contributed by atoms with Crippen molar-refractivity contribution in [2.24, 2.45) is 0 Å². The molecule has 0 unspecified atom stereocenters. The van der Waals surface area contributed by atoms with Crippen LogP contribution in [0.2, 0.25) is 0 Å². The maximum atomic E-state index is 13.0. The molecule has 1 aromatic heterocycles. The molecule has 2 heterocycles. The van der Waals surface area contributed by atoms with Crippen LogP contribution in [0.1, 0.15) is 35.9 Å². The molecule has 0 bridgehead atoms. The van der Waals surface area contributed by atoms with E-state index < -0.39 is 5.54 Å². The molecule has 0 saturated carbocycles. The Balaban J connectivity index is 1.96. The monoisotopic (exact) mass is 313 g/mol. The Bertz CT molecular complexity index is 734. The molecule has 1 N–H and O–H groups in total. The van der Waals surface area contributed by atoms with Crippen LogP contribution >= 0.6 is 0 Å². The Labute approximate surface area is 134 Å². The minimum Gasteiger partial charge on any atom is -0.361 e. The van der Waals surface area contributed by atoms with E-state index in [9.17, 15) is 9.59 Å². The molecule has 1 aliphatic rings. The minimum absolute atomic E-state index is 0.167. The Kier molecular flexibility index (Phi) is 3.67. The summed E-state index contributed by atoms with van der Waals surface area (Å²) in [6.07, 6.45) is 0.486. The van der Waals surface area contributed by atoms with Gasteiger partial charge in [-0.3, -0.25) is 9.69 Å². The van der Waals surface area contributed by atoms with Crippen LogP contribution in [0.25, 0.3) is 0 Å². The first-order chi connectivity index (χ1) is 11.0. The molecule has 1 atom stereocenters. The van der Waals surface area contributed by atoms with Gasteiger partial charge in [0.05, 0.1) is 12.2 Å². The van der Waals surface area contributed by atoms with Gasteiger partial charge in [-0.15, -0.1) is 0 Å². The van der Waals surface area contributed by atoms with Gasteiger partial charge in [0, 0.05) is 5.56 Å². The van der Waals surface area contributed by atoms with E-state index in [4.69, 9.17) is 4.52 Å². The quantitative estimate of drug-likeness (QED) is 0.881. The van der Waals surface area contributed by atoms with Crippen molar-refractivity contribution in [2.75, 3.05) is 0 Å². The standard InChI is InChI=1S/C17H19N3O3/c1-4-17(13-8-6-5-7-9-13)15(21)20(16(22)18-17)10-14-11(2)19-23-12(14)3/h5-9H,4,10H2,1-3H3,(H,18,22)/t17-/m0/s1. The van der Waals surface area contributed by atoms with E-state index in [0.29, 0.717) is 17.9 Å². The highest BCUT2D eigenvalue weighted by molar-refractivity contribution is 6.07. The molecular formula is C17H19N3O3. The topological polar surface area (TPSA) is 75.4 Å². The number of rotatable bonds is 4. The lowest BCUT2D eigenvalue weighted by atomic mass is 9.87. The van der Waals surface area contributed by atoms with Crippen LogP contribution in [0, 0.1) is 13.8 Å². The number of hydrogen-bond donors (Lipinski definition) is 1. The van der Waals surface area contributed by atoms with E-state index in [1.54, 1.807) is 13.8 Å². The molecule has 1 aliphatic heterocycles. The van der Waals surface area contributed by atoms with E-state index in [-0.39, 0.29) is 18.5 Å². The molecule has 6 nitrogen and oxygen atoms in total. The molecule has 0 aliphatic carbocycles. The summed E-state index contributed by atoms with van der Waals surface area (Å²) in [5.41, 5.74) is 1.25. The van der Waals surface area contributed by atoms with Gasteiger partial charge in [-0.25, -0.2) is 4.79 Å². The number of hydrogen-bond acceptors (Lipinski definition) is 4. The molecule has 120 valence electrons. The van der Waals surface area contributed by atoms with Crippen molar-refractivity contribution in [3.63, 3.8) is 0 Å². The average molecular weight is 313 g/mol. The normalized spacial score (nSPS) is 20.9. The Hall–Kier alpha value is -2.63. The Morgan fingerprint density at radius 3 is 2.48 bits per heavy atom. The van der Waals surface area contributed by atoms with E-state index in [1.807, 2.05) is 37.3 Å². The van der Waals surface area contributed by atoms with Gasteiger partial charge in [0.15, 0.2) is 0 Å². The van der Waals surface area contributed by atoms with E-state index in [2.05, 4.69) is 10.5 Å². The summed E-state index contributed by atoms with van der Waals surface area (Å²) in [6, 6.07) is 8.95. The van der Waals surface area contributed by atoms with Gasteiger partial charge in [0.1, 0.15) is 11.3 Å². The predicted molar refractivity (Wildman–Crippen MR) is 83.5 cm³/mol. The molecule has 1 aromatic carbocycles. The predicted octanol–water partition coefficient (Wildman–Crippen LogP) is 2.65. The number of aromatic nitrogens is 1. The van der Waals surface area contributed by atoms with Crippen LogP contribution in [0.3, 0.4) is 0 Å². The first kappa shape index (κ1) is 15.3. The van der Waals surface area contributed by atoms with E-state index >= 15 is 0 Å². The summed E-state index contributed by atoms with van der Waals surface area (Å²) in [5, 5.41) is 6.75. The van der Waals surface area contributed by atoms with Gasteiger partial charge < -0.3 is 9.84 Å². The number of carbonyl (C=O) groups is 2. The van der Waals surface area contributed by atoms with Crippen LogP contribution in [-0.2, 0) is 16.9 Å². The van der Waals surface area contributed by atoms with Crippen molar-refractivity contribution < 1.29 is 14.1 Å². The fraction of sp³-hybridized carbons (Fsp3) is 0.353. The molecule has 1 saturated heterocycles. The van der Waals surface area contributed by atoms with Crippen molar-refractivity contribution in [1.82, 2.24) is 15.4 Å². The number of carbonyl (C=O) groups excluding carboxylic acids is 2. The molecule has 3 rings (SSSR count). The summed E-state index contributed by atoms with van der Waals surface area (Å²) in [7, 11) is 0. The van der Waals surface area contributed by atoms with Gasteiger partial charge in [-0.2, -0.15) is 0 Å². The molecule has 0 spiro atoms. The fourth-order valence-electron chi connectivity index (χ4n) is 3.02. The lowest BCUT2D eigenvalue weighted by molar-refractivity contribution is -0.132. The molecule has 6 heteroatoms. The first-order valence-corrected chi connectivity index (χ1v) is 7.61. The van der Waals surface area contributed by atoms with Gasteiger partial charge in [-0.05, 0) is 25.8 Å². The molecule has 0 radical (unpaired) electrons. The third kappa shape index (κ3) is 2.30. The summed E-state index contributed by atoms with van der Waals surface area (Å²) in [6.45, 7) is 5.64. The first-order valence-electron chi connectivity index (χ1n) is 7.61. The highest BCUT2D eigenvalue weighted by Crippen LogP contribution is 2.33. The number of imide groups is 1. The van der Waals surface area contributed by atoms with Crippen LogP contribution < -0.4 is 5.32 Å². The van der Waals surface area contributed by atoms with Crippen molar-refractivity contribution >= 4 is 11.9 Å². The van der Waals surface area contributed by atoms with Crippen LogP contribution in [0.15, 0.2) is 34.9 Å². The molecule has 2 aromatic rings. The Morgan fingerprint density at radius 1 is 1.22 bits per heavy atom. The van der Waals surface area contributed by atoms with Crippen molar-refractivity contribution in [3.05, 3.63) is 52.9 Å². The highest BCUT2D eigenvalue weighted by atomic mass is 16.5. The molecule has 1 fully saturated rings. The lowest BCUT2D eigenvalue weighted by Gasteiger charge is -2.25. The second kappa shape index (κ2) is 5.53. The summed E-state index contributed by atoms with van der Waals surface area (Å²) >= 11 is 0. The SMILES string of the molecule is CC[C@@]1(c2ccccc2)NC(=O)N(Cc2c(C)noc2C)C1=O. The number of nitrogens with zero attached hydrogens (tertiary/aromatic N) is 2. The number of urea groups is 1. The zero-order valence-electron chi connectivity index (χ0n) is 13.4. The van der Waals surface area contributed by atoms with Gasteiger partial charge >= 0.3 is 6.03 Å². The summed E-state index contributed by atoms with van der Waals surface area (Å²) < 4.78 is 5.12. The van der Waals surface area contributed by atoms with Crippen molar-refractivity contribution in [1.29, 1.82) is 0 Å².